The van der Waals surface area contributed by atoms with Gasteiger partial charge in [0.25, 0.3) is 0 Å². The first-order valence-corrected chi connectivity index (χ1v) is 9.27. The van der Waals surface area contributed by atoms with Crippen molar-refractivity contribution >= 4 is 22.2 Å². The number of hydrogen-bond donors (Lipinski definition) is 1. The van der Waals surface area contributed by atoms with Crippen molar-refractivity contribution in [3.05, 3.63) is 16.0 Å². The van der Waals surface area contributed by atoms with Gasteiger partial charge in [0.05, 0.1) is 5.56 Å². The van der Waals surface area contributed by atoms with Crippen LogP contribution in [-0.4, -0.2) is 53.8 Å². The highest BCUT2D eigenvalue weighted by atomic mass is 32.1. The lowest BCUT2D eigenvalue weighted by molar-refractivity contribution is -0.443. The van der Waals surface area contributed by atoms with E-state index in [1.54, 1.807) is 0 Å². The smallest absolute Gasteiger partial charge is 0.311 e. The molecule has 0 aliphatic carbocycles. The second-order valence-corrected chi connectivity index (χ2v) is 8.15. The molecular weight excluding hydrogens is 572 g/mol. The van der Waals surface area contributed by atoms with E-state index < -0.39 is 64.4 Å². The number of carbonyl (C=O) groups excluding carboxylic acids is 1. The summed E-state index contributed by atoms with van der Waals surface area (Å²) in [4.78, 5) is 11.6. The molecule has 0 unspecified atom stereocenters. The third-order valence-electron chi connectivity index (χ3n) is 4.67. The van der Waals surface area contributed by atoms with E-state index in [-0.39, 0.29) is 21.8 Å². The van der Waals surface area contributed by atoms with Gasteiger partial charge >= 0.3 is 53.8 Å². The van der Waals surface area contributed by atoms with Crippen molar-refractivity contribution in [3.63, 3.8) is 0 Å². The summed E-state index contributed by atoms with van der Waals surface area (Å²) in [6, 6.07) is 1.27. The Balaban J connectivity index is 3.60. The van der Waals surface area contributed by atoms with Gasteiger partial charge in [-0.1, -0.05) is 0 Å². The number of anilines is 1. The van der Waals surface area contributed by atoms with Crippen LogP contribution in [0.25, 0.3) is 0 Å². The first kappa shape index (κ1) is 31.6. The van der Waals surface area contributed by atoms with Gasteiger partial charge in [-0.05, 0) is 19.4 Å². The number of rotatable bonds is 9. The Kier molecular flexibility index (Phi) is 7.75. The van der Waals surface area contributed by atoms with Gasteiger partial charge in [-0.3, -0.25) is 4.79 Å². The number of amides is 1. The number of nitriles is 1. The van der Waals surface area contributed by atoms with Crippen molar-refractivity contribution in [3.8, 4) is 6.07 Å². The van der Waals surface area contributed by atoms with Crippen LogP contribution in [0.5, 0.6) is 0 Å². The summed E-state index contributed by atoms with van der Waals surface area (Å²) in [6.07, 6.45) is -5.94. The molecule has 1 rings (SSSR count). The van der Waals surface area contributed by atoms with Gasteiger partial charge in [0.2, 0.25) is 0 Å². The monoisotopic (exact) mass is 580 g/mol. The minimum Gasteiger partial charge on any atom is -0.311 e. The summed E-state index contributed by atoms with van der Waals surface area (Å²) in [5.41, 5.74) is -0.769. The molecule has 0 spiro atoms. The SMILES string of the molecule is Cc1sc(NC(=O)C(F)(F)C(F)(F)C(F)(F)C(F)(F)C(F)(F)C(F)(F)C(F)(F)C(F)F)c(C#N)c1C. The van der Waals surface area contributed by atoms with Crippen molar-refractivity contribution in [2.24, 2.45) is 0 Å². The fourth-order valence-electron chi connectivity index (χ4n) is 2.31. The highest BCUT2D eigenvalue weighted by Gasteiger charge is 2.94. The Morgan fingerprint density at radius 2 is 1.17 bits per heavy atom. The maximum atomic E-state index is 13.9. The number of aryl methyl sites for hydroxylation is 1. The van der Waals surface area contributed by atoms with Gasteiger partial charge in [0.1, 0.15) is 11.1 Å². The summed E-state index contributed by atoms with van der Waals surface area (Å²) in [5, 5.41) is 8.64. The van der Waals surface area contributed by atoms with Crippen LogP contribution in [0.15, 0.2) is 0 Å². The van der Waals surface area contributed by atoms with Gasteiger partial charge in [-0.25, -0.2) is 8.78 Å². The Hall–Kier alpha value is -2.46. The molecule has 0 aliphatic rings. The number of hydrogen-bond acceptors (Lipinski definition) is 3. The maximum absolute atomic E-state index is 13.9. The zero-order chi connectivity index (χ0) is 29.1. The molecule has 0 saturated heterocycles. The zero-order valence-corrected chi connectivity index (χ0v) is 17.7. The lowest BCUT2D eigenvalue weighted by Gasteiger charge is -2.42. The molecule has 1 amide bonds. The topological polar surface area (TPSA) is 52.9 Å². The number of thiophene rings is 1. The first-order valence-electron chi connectivity index (χ1n) is 8.46. The number of carbonyl (C=O) groups is 1. The molecule has 0 saturated carbocycles. The minimum absolute atomic E-state index is 0.0515. The van der Waals surface area contributed by atoms with Gasteiger partial charge in [0, 0.05) is 4.88 Å². The predicted molar refractivity (Wildman–Crippen MR) is 87.8 cm³/mol. The van der Waals surface area contributed by atoms with E-state index in [1.165, 1.54) is 13.0 Å². The molecule has 0 fully saturated rings. The van der Waals surface area contributed by atoms with E-state index in [9.17, 15) is 75.0 Å². The minimum atomic E-state index is -8.59. The van der Waals surface area contributed by atoms with Gasteiger partial charge in [-0.15, -0.1) is 11.3 Å². The van der Waals surface area contributed by atoms with Crippen LogP contribution in [0.4, 0.5) is 75.2 Å². The third-order valence-corrected chi connectivity index (χ3v) is 5.80. The molecule has 206 valence electrons. The summed E-state index contributed by atoms with van der Waals surface area (Å²) >= 11 is 0.205. The Morgan fingerprint density at radius 1 is 0.778 bits per heavy atom. The second-order valence-electron chi connectivity index (χ2n) is 6.92. The molecule has 0 aliphatic heterocycles. The standard InChI is InChI=1S/C16H8F16N2OS/c1-4-5(2)36-7(6(4)3-33)34-9(35)11(21,22)13(25,26)15(29,30)16(31,32)14(27,28)12(23,24)10(19,20)8(17)18/h8H,1-2H3,(H,34,35). The number of halogens is 16. The van der Waals surface area contributed by atoms with E-state index in [0.29, 0.717) is 0 Å². The lowest BCUT2D eigenvalue weighted by atomic mass is 9.89. The molecule has 3 nitrogen and oxygen atoms in total. The fraction of sp³-hybridized carbons (Fsp3) is 0.625. The average Bonchev–Trinajstić information content (AvgIpc) is 2.99. The molecule has 36 heavy (non-hydrogen) atoms. The van der Waals surface area contributed by atoms with Gasteiger partial charge in [-0.2, -0.15) is 66.7 Å². The van der Waals surface area contributed by atoms with E-state index >= 15 is 0 Å². The zero-order valence-electron chi connectivity index (χ0n) is 16.9. The molecular formula is C16H8F16N2OS. The molecule has 0 aromatic carbocycles. The fourth-order valence-corrected chi connectivity index (χ4v) is 3.31. The van der Waals surface area contributed by atoms with E-state index in [1.807, 2.05) is 0 Å². The quantitative estimate of drug-likeness (QED) is 0.324. The number of nitrogens with zero attached hydrogens (tertiary/aromatic N) is 1. The van der Waals surface area contributed by atoms with E-state index in [2.05, 4.69) is 0 Å². The lowest BCUT2D eigenvalue weighted by Crippen LogP contribution is -2.74. The van der Waals surface area contributed by atoms with E-state index in [0.717, 1.165) is 12.2 Å². The Morgan fingerprint density at radius 3 is 1.56 bits per heavy atom. The molecule has 1 aromatic rings. The molecule has 0 bridgehead atoms. The Bertz CT molecular complexity index is 1060. The van der Waals surface area contributed by atoms with Crippen LogP contribution in [0, 0.1) is 25.2 Å². The van der Waals surface area contributed by atoms with Crippen LogP contribution in [-0.2, 0) is 4.79 Å². The van der Waals surface area contributed by atoms with Crippen LogP contribution in [0.1, 0.15) is 16.0 Å². The first-order chi connectivity index (χ1) is 15.7. The summed E-state index contributed by atoms with van der Waals surface area (Å²) in [6.45, 7) is 2.30. The molecule has 1 N–H and O–H groups in total. The number of nitrogens with one attached hydrogen (secondary N) is 1. The highest BCUT2D eigenvalue weighted by Crippen LogP contribution is 2.62. The van der Waals surface area contributed by atoms with Gasteiger partial charge < -0.3 is 5.32 Å². The Labute approximate surface area is 192 Å². The normalized spacial score (nSPS) is 14.7. The van der Waals surface area contributed by atoms with Crippen LogP contribution >= 0.6 is 11.3 Å². The highest BCUT2D eigenvalue weighted by molar-refractivity contribution is 7.16. The number of alkyl halides is 16. The van der Waals surface area contributed by atoms with Crippen molar-refractivity contribution in [1.29, 1.82) is 5.26 Å². The van der Waals surface area contributed by atoms with Crippen molar-refractivity contribution in [1.82, 2.24) is 0 Å². The predicted octanol–water partition coefficient (Wildman–Crippen LogP) is 6.89. The molecule has 20 heteroatoms. The molecule has 1 heterocycles. The average molecular weight is 580 g/mol. The molecule has 1 aromatic heterocycles. The van der Waals surface area contributed by atoms with Crippen LogP contribution < -0.4 is 5.32 Å². The van der Waals surface area contributed by atoms with Crippen molar-refractivity contribution < 1.29 is 75.0 Å². The molecule has 0 atom stereocenters. The maximum Gasteiger partial charge on any atom is 0.393 e. The largest absolute Gasteiger partial charge is 0.393 e. The molecule has 0 radical (unpaired) electrons. The summed E-state index contributed by atoms with van der Waals surface area (Å²) in [5.74, 6) is -60.2. The van der Waals surface area contributed by atoms with Crippen molar-refractivity contribution in [2.75, 3.05) is 5.32 Å². The van der Waals surface area contributed by atoms with Gasteiger partial charge in [0.15, 0.2) is 0 Å². The summed E-state index contributed by atoms with van der Waals surface area (Å²) < 4.78 is 213. The van der Waals surface area contributed by atoms with Crippen LogP contribution in [0.3, 0.4) is 0 Å². The van der Waals surface area contributed by atoms with E-state index in [4.69, 9.17) is 5.26 Å². The van der Waals surface area contributed by atoms with Crippen LogP contribution in [0.2, 0.25) is 0 Å². The van der Waals surface area contributed by atoms with Crippen molar-refractivity contribution in [2.45, 2.75) is 61.7 Å². The second kappa shape index (κ2) is 8.83. The summed E-state index contributed by atoms with van der Waals surface area (Å²) in [7, 11) is 0. The third kappa shape index (κ3) is 4.02.